The van der Waals surface area contributed by atoms with E-state index in [9.17, 15) is 4.79 Å². The lowest BCUT2D eigenvalue weighted by Crippen LogP contribution is -2.44. The molecule has 1 aromatic rings. The molecule has 2 aliphatic rings. The van der Waals surface area contributed by atoms with Gasteiger partial charge in [-0.25, -0.2) is 0 Å². The van der Waals surface area contributed by atoms with Gasteiger partial charge < -0.3 is 14.4 Å². The van der Waals surface area contributed by atoms with Crippen LogP contribution in [0.1, 0.15) is 65.9 Å². The number of nitrogens with zero attached hydrogens (tertiary/aromatic N) is 1. The maximum absolute atomic E-state index is 12.0. The molecular weight excluding hydrogens is 406 g/mol. The Kier molecular flexibility index (Phi) is 7.92. The first-order chi connectivity index (χ1) is 14.7. The van der Waals surface area contributed by atoms with E-state index in [1.165, 1.54) is 15.4 Å². The number of rotatable bonds is 7. The molecule has 2 heterocycles. The Morgan fingerprint density at radius 2 is 2.03 bits per heavy atom. The van der Waals surface area contributed by atoms with Crippen LogP contribution in [0.5, 0.6) is 5.75 Å². The van der Waals surface area contributed by atoms with Gasteiger partial charge in [-0.05, 0) is 77.1 Å². The number of fused-ring (bicyclic) bond motifs is 2. The van der Waals surface area contributed by atoms with Gasteiger partial charge in [-0.3, -0.25) is 4.79 Å². The van der Waals surface area contributed by atoms with Gasteiger partial charge in [0, 0.05) is 22.4 Å². The van der Waals surface area contributed by atoms with Crippen molar-refractivity contribution in [3.8, 4) is 5.75 Å². The van der Waals surface area contributed by atoms with Crippen molar-refractivity contribution in [1.82, 2.24) is 4.90 Å². The van der Waals surface area contributed by atoms with Crippen molar-refractivity contribution in [3.63, 3.8) is 0 Å². The van der Waals surface area contributed by atoms with E-state index in [0.717, 1.165) is 51.3 Å². The second-order valence-corrected chi connectivity index (χ2v) is 10.7. The fourth-order valence-electron chi connectivity index (χ4n) is 4.26. The highest BCUT2D eigenvalue weighted by Crippen LogP contribution is 2.47. The number of hydrogen-bond donors (Lipinski definition) is 0. The molecule has 0 aromatic heterocycles. The van der Waals surface area contributed by atoms with Crippen LogP contribution in [-0.4, -0.2) is 42.7 Å². The minimum absolute atomic E-state index is 0.109. The largest absolute Gasteiger partial charge is 0.492 e. The number of allylic oxidation sites excluding steroid dienone is 4. The number of esters is 1. The Balaban J connectivity index is 1.57. The molecule has 3 rings (SSSR count). The molecule has 2 aliphatic heterocycles. The third kappa shape index (κ3) is 6.39. The number of likely N-dealkylation sites (tertiary alicyclic amines) is 1. The van der Waals surface area contributed by atoms with Crippen LogP contribution >= 0.6 is 11.8 Å². The summed E-state index contributed by atoms with van der Waals surface area (Å²) in [5, 5.41) is 0. The predicted molar refractivity (Wildman–Crippen MR) is 129 cm³/mol. The summed E-state index contributed by atoms with van der Waals surface area (Å²) in [7, 11) is 0. The SMILES string of the molecule is C/C=C\C=C(/CC)Sc1ccc2c(c1)OCC21CCN(CCC(=O)OC(C)(C)C)CC1. The second-order valence-electron chi connectivity index (χ2n) is 9.52. The van der Waals surface area contributed by atoms with Crippen molar-refractivity contribution >= 4 is 17.7 Å². The molecule has 0 atom stereocenters. The van der Waals surface area contributed by atoms with E-state index in [2.05, 4.69) is 48.3 Å². The predicted octanol–water partition coefficient (Wildman–Crippen LogP) is 6.11. The lowest BCUT2D eigenvalue weighted by atomic mass is 9.74. The van der Waals surface area contributed by atoms with Gasteiger partial charge in [0.2, 0.25) is 0 Å². The minimum atomic E-state index is -0.411. The second kappa shape index (κ2) is 10.3. The summed E-state index contributed by atoms with van der Waals surface area (Å²) in [6.45, 7) is 13.5. The molecule has 1 fully saturated rings. The van der Waals surface area contributed by atoms with Crippen molar-refractivity contribution in [2.45, 2.75) is 76.2 Å². The summed E-state index contributed by atoms with van der Waals surface area (Å²) >= 11 is 1.82. The lowest BCUT2D eigenvalue weighted by molar-refractivity contribution is -0.155. The van der Waals surface area contributed by atoms with Crippen molar-refractivity contribution < 1.29 is 14.3 Å². The molecule has 0 radical (unpaired) electrons. The van der Waals surface area contributed by atoms with Gasteiger partial charge in [0.25, 0.3) is 0 Å². The molecule has 0 aliphatic carbocycles. The van der Waals surface area contributed by atoms with E-state index >= 15 is 0 Å². The van der Waals surface area contributed by atoms with Crippen molar-refractivity contribution in [2.24, 2.45) is 0 Å². The van der Waals surface area contributed by atoms with E-state index in [1.54, 1.807) is 0 Å². The summed E-state index contributed by atoms with van der Waals surface area (Å²) in [6.07, 6.45) is 9.97. The molecule has 31 heavy (non-hydrogen) atoms. The smallest absolute Gasteiger partial charge is 0.307 e. The molecule has 5 heteroatoms. The molecule has 170 valence electrons. The van der Waals surface area contributed by atoms with Gasteiger partial charge in [0.15, 0.2) is 0 Å². The highest BCUT2D eigenvalue weighted by atomic mass is 32.2. The summed E-state index contributed by atoms with van der Waals surface area (Å²) in [6, 6.07) is 6.74. The normalized spacial score (nSPS) is 18.9. The Labute approximate surface area is 192 Å². The third-order valence-electron chi connectivity index (χ3n) is 5.97. The van der Waals surface area contributed by atoms with Crippen LogP contribution in [0.3, 0.4) is 0 Å². The van der Waals surface area contributed by atoms with Crippen molar-refractivity contribution in [3.05, 3.63) is 46.9 Å². The molecule has 1 aromatic carbocycles. The van der Waals surface area contributed by atoms with Gasteiger partial charge in [0.1, 0.15) is 11.4 Å². The van der Waals surface area contributed by atoms with Crippen LogP contribution in [0.2, 0.25) is 0 Å². The molecule has 0 bridgehead atoms. The zero-order valence-electron chi connectivity index (χ0n) is 19.7. The van der Waals surface area contributed by atoms with Gasteiger partial charge in [-0.2, -0.15) is 0 Å². The van der Waals surface area contributed by atoms with Crippen LogP contribution in [-0.2, 0) is 14.9 Å². The third-order valence-corrected chi connectivity index (χ3v) is 7.14. The van der Waals surface area contributed by atoms with E-state index in [1.807, 2.05) is 39.5 Å². The summed E-state index contributed by atoms with van der Waals surface area (Å²) in [5.41, 5.74) is 1.07. The first-order valence-electron chi connectivity index (χ1n) is 11.5. The molecule has 1 saturated heterocycles. The molecule has 0 amide bonds. The van der Waals surface area contributed by atoms with Crippen molar-refractivity contribution in [2.75, 3.05) is 26.2 Å². The monoisotopic (exact) mass is 443 g/mol. The quantitative estimate of drug-likeness (QED) is 0.289. The number of piperidine rings is 1. The molecule has 1 spiro atoms. The number of carbonyl (C=O) groups is 1. The highest BCUT2D eigenvalue weighted by Gasteiger charge is 2.43. The summed E-state index contributed by atoms with van der Waals surface area (Å²) in [4.78, 5) is 17.0. The Hall–Kier alpha value is -1.72. The maximum atomic E-state index is 12.0. The molecule has 4 nitrogen and oxygen atoms in total. The van der Waals surface area contributed by atoms with Crippen LogP contribution < -0.4 is 4.74 Å². The van der Waals surface area contributed by atoms with Gasteiger partial charge in [0.05, 0.1) is 13.0 Å². The maximum Gasteiger partial charge on any atom is 0.307 e. The summed E-state index contributed by atoms with van der Waals surface area (Å²) in [5.74, 6) is 0.941. The Morgan fingerprint density at radius 3 is 2.68 bits per heavy atom. The first-order valence-corrected chi connectivity index (χ1v) is 12.3. The minimum Gasteiger partial charge on any atom is -0.492 e. The van der Waals surface area contributed by atoms with Gasteiger partial charge >= 0.3 is 5.97 Å². The number of ether oxygens (including phenoxy) is 2. The van der Waals surface area contributed by atoms with E-state index in [4.69, 9.17) is 9.47 Å². The average molecular weight is 444 g/mol. The number of hydrogen-bond acceptors (Lipinski definition) is 5. The topological polar surface area (TPSA) is 38.8 Å². The fourth-order valence-corrected chi connectivity index (χ4v) is 5.15. The highest BCUT2D eigenvalue weighted by molar-refractivity contribution is 8.03. The van der Waals surface area contributed by atoms with Gasteiger partial charge in [-0.1, -0.05) is 43.0 Å². The lowest BCUT2D eigenvalue weighted by Gasteiger charge is -2.38. The van der Waals surface area contributed by atoms with E-state index < -0.39 is 5.60 Å². The first kappa shape index (κ1) is 23.9. The average Bonchev–Trinajstić information content (AvgIpc) is 3.07. The van der Waals surface area contributed by atoms with E-state index in [0.29, 0.717) is 6.42 Å². The number of carbonyl (C=O) groups excluding carboxylic acids is 1. The molecule has 0 unspecified atom stereocenters. The van der Waals surface area contributed by atoms with Crippen molar-refractivity contribution in [1.29, 1.82) is 0 Å². The summed E-state index contributed by atoms with van der Waals surface area (Å²) < 4.78 is 11.6. The number of thioether (sulfide) groups is 1. The Morgan fingerprint density at radius 1 is 1.29 bits per heavy atom. The van der Waals surface area contributed by atoms with E-state index in [-0.39, 0.29) is 11.4 Å². The molecular formula is C26H37NO3S. The molecule has 0 N–H and O–H groups in total. The Bertz CT molecular complexity index is 830. The zero-order valence-corrected chi connectivity index (χ0v) is 20.5. The standard InChI is InChI=1S/C26H37NO3S/c1-6-8-9-20(7-2)31-21-10-11-22-23(18-21)29-19-26(22)13-16-27(17-14-26)15-12-24(28)30-25(3,4)5/h6,8-11,18H,7,12-17,19H2,1-5H3/b8-6-,20-9+. The van der Waals surface area contributed by atoms with Crippen LogP contribution in [0.15, 0.2) is 46.2 Å². The number of benzene rings is 1. The van der Waals surface area contributed by atoms with Crippen LogP contribution in [0, 0.1) is 0 Å². The molecule has 0 saturated carbocycles. The zero-order chi connectivity index (χ0) is 22.5. The fraction of sp³-hybridized carbons (Fsp3) is 0.577. The van der Waals surface area contributed by atoms with Gasteiger partial charge in [-0.15, -0.1) is 0 Å². The van der Waals surface area contributed by atoms with Crippen LogP contribution in [0.25, 0.3) is 0 Å². The van der Waals surface area contributed by atoms with Crippen LogP contribution in [0.4, 0.5) is 0 Å².